The topological polar surface area (TPSA) is 0 Å². The van der Waals surface area contributed by atoms with Gasteiger partial charge in [-0.15, -0.1) is 0 Å². The Morgan fingerprint density at radius 3 is 1.63 bits per heavy atom. The Balaban J connectivity index is 2.27. The molecule has 0 aromatic heterocycles. The third kappa shape index (κ3) is 3.00. The van der Waals surface area contributed by atoms with Crippen molar-refractivity contribution in [2.45, 2.75) is 26.7 Å². The molecular formula is C17H36N2+2. The van der Waals surface area contributed by atoms with Crippen LogP contribution in [0.15, 0.2) is 0 Å². The van der Waals surface area contributed by atoms with E-state index in [2.05, 4.69) is 56.1 Å². The minimum atomic E-state index is 0.576. The standard InChI is InChI=1S/C17H36N2/c1-13-14(2)16-9-15(13)10-17(16,11-18(3,4)5)12-19(6,7)8/h13-16H,9-12H2,1-8H3/q+2. The molecule has 0 N–H and O–H groups in total. The summed E-state index contributed by atoms with van der Waals surface area (Å²) in [6.07, 6.45) is 2.98. The van der Waals surface area contributed by atoms with Crippen LogP contribution in [-0.2, 0) is 0 Å². The first-order chi connectivity index (χ1) is 8.44. The van der Waals surface area contributed by atoms with E-state index < -0.39 is 0 Å². The maximum absolute atomic E-state index is 2.52. The molecule has 2 aliphatic rings. The van der Waals surface area contributed by atoms with Crippen LogP contribution in [0.25, 0.3) is 0 Å². The second kappa shape index (κ2) is 4.46. The molecule has 0 aromatic rings. The van der Waals surface area contributed by atoms with Gasteiger partial charge < -0.3 is 8.97 Å². The number of hydrogen-bond acceptors (Lipinski definition) is 0. The molecule has 4 unspecified atom stereocenters. The lowest BCUT2D eigenvalue weighted by molar-refractivity contribution is -0.904. The van der Waals surface area contributed by atoms with Crippen LogP contribution in [-0.4, -0.2) is 64.3 Å². The molecule has 19 heavy (non-hydrogen) atoms. The van der Waals surface area contributed by atoms with Crippen LogP contribution in [0.1, 0.15) is 26.7 Å². The highest BCUT2D eigenvalue weighted by Gasteiger charge is 2.60. The van der Waals surface area contributed by atoms with Crippen molar-refractivity contribution in [1.29, 1.82) is 0 Å². The molecule has 2 bridgehead atoms. The second-order valence-corrected chi connectivity index (χ2v) is 9.78. The Morgan fingerprint density at radius 2 is 1.32 bits per heavy atom. The molecule has 0 radical (unpaired) electrons. The Hall–Kier alpha value is -0.0800. The number of rotatable bonds is 4. The molecule has 2 nitrogen and oxygen atoms in total. The van der Waals surface area contributed by atoms with Gasteiger partial charge in [0, 0.05) is 0 Å². The summed E-state index contributed by atoms with van der Waals surface area (Å²) >= 11 is 0. The average molecular weight is 268 g/mol. The maximum atomic E-state index is 2.52. The molecule has 0 heterocycles. The minimum absolute atomic E-state index is 0.576. The van der Waals surface area contributed by atoms with E-state index in [-0.39, 0.29) is 0 Å². The monoisotopic (exact) mass is 268 g/mol. The van der Waals surface area contributed by atoms with Gasteiger partial charge >= 0.3 is 0 Å². The molecule has 2 saturated carbocycles. The van der Waals surface area contributed by atoms with Crippen LogP contribution in [0.3, 0.4) is 0 Å². The Labute approximate surface area is 121 Å². The van der Waals surface area contributed by atoms with Gasteiger partial charge in [-0.2, -0.15) is 0 Å². The third-order valence-corrected chi connectivity index (χ3v) is 5.80. The van der Waals surface area contributed by atoms with E-state index >= 15 is 0 Å². The molecule has 2 rings (SSSR count). The zero-order valence-corrected chi connectivity index (χ0v) is 14.5. The summed E-state index contributed by atoms with van der Waals surface area (Å²) in [5.74, 6) is 3.84. The number of nitrogens with zero attached hydrogens (tertiary/aromatic N) is 2. The fourth-order valence-corrected chi connectivity index (χ4v) is 5.60. The van der Waals surface area contributed by atoms with Gasteiger partial charge in [0.25, 0.3) is 0 Å². The highest BCUT2D eigenvalue weighted by molar-refractivity contribution is 5.05. The molecule has 0 aliphatic heterocycles. The van der Waals surface area contributed by atoms with Crippen LogP contribution < -0.4 is 0 Å². The predicted octanol–water partition coefficient (Wildman–Crippen LogP) is 2.70. The van der Waals surface area contributed by atoms with Gasteiger partial charge in [0.2, 0.25) is 0 Å². The van der Waals surface area contributed by atoms with Crippen molar-refractivity contribution in [2.75, 3.05) is 55.4 Å². The normalized spacial score (nSPS) is 37.9. The fraction of sp³-hybridized carbons (Fsp3) is 1.00. The molecule has 0 aromatic carbocycles. The fourth-order valence-electron chi connectivity index (χ4n) is 5.60. The second-order valence-electron chi connectivity index (χ2n) is 9.78. The van der Waals surface area contributed by atoms with E-state index in [1.807, 2.05) is 0 Å². The third-order valence-electron chi connectivity index (χ3n) is 5.80. The van der Waals surface area contributed by atoms with Crippen LogP contribution in [0.2, 0.25) is 0 Å². The summed E-state index contributed by atoms with van der Waals surface area (Å²) in [5.41, 5.74) is 0.576. The Bertz CT molecular complexity index is 316. The van der Waals surface area contributed by atoms with E-state index in [0.717, 1.165) is 32.6 Å². The SMILES string of the molecule is CC1C2CC(C1C)C(C[N+](C)(C)C)(C[N+](C)(C)C)C2. The van der Waals surface area contributed by atoms with Gasteiger partial charge in [-0.05, 0) is 36.5 Å². The Kier molecular flexibility index (Phi) is 3.59. The van der Waals surface area contributed by atoms with E-state index in [4.69, 9.17) is 0 Å². The van der Waals surface area contributed by atoms with E-state index in [1.165, 1.54) is 25.9 Å². The quantitative estimate of drug-likeness (QED) is 0.688. The van der Waals surface area contributed by atoms with Crippen LogP contribution >= 0.6 is 0 Å². The summed E-state index contributed by atoms with van der Waals surface area (Å²) in [5, 5.41) is 0. The largest absolute Gasteiger partial charge is 0.330 e. The van der Waals surface area contributed by atoms with Gasteiger partial charge in [0.05, 0.1) is 60.8 Å². The summed E-state index contributed by atoms with van der Waals surface area (Å²) in [7, 11) is 14.2. The van der Waals surface area contributed by atoms with Crippen LogP contribution in [0.5, 0.6) is 0 Å². The van der Waals surface area contributed by atoms with Crippen molar-refractivity contribution in [3.63, 3.8) is 0 Å². The zero-order valence-electron chi connectivity index (χ0n) is 14.5. The lowest BCUT2D eigenvalue weighted by Crippen LogP contribution is -2.57. The number of hydrogen-bond donors (Lipinski definition) is 0. The molecule has 2 aliphatic carbocycles. The lowest BCUT2D eigenvalue weighted by Gasteiger charge is -2.48. The predicted molar refractivity (Wildman–Crippen MR) is 82.8 cm³/mol. The zero-order chi connectivity index (χ0) is 14.6. The summed E-state index contributed by atoms with van der Waals surface area (Å²) in [6, 6.07) is 0. The van der Waals surface area contributed by atoms with Gasteiger partial charge in [-0.25, -0.2) is 0 Å². The highest BCUT2D eigenvalue weighted by Crippen LogP contribution is 2.61. The molecule has 0 saturated heterocycles. The first kappa shape index (κ1) is 15.3. The molecule has 112 valence electrons. The van der Waals surface area contributed by atoms with Crippen molar-refractivity contribution in [3.8, 4) is 0 Å². The average Bonchev–Trinajstić information content (AvgIpc) is 2.59. The first-order valence-corrected chi connectivity index (χ1v) is 8.04. The minimum Gasteiger partial charge on any atom is -0.330 e. The molecular weight excluding hydrogens is 232 g/mol. The van der Waals surface area contributed by atoms with E-state index in [0.29, 0.717) is 5.41 Å². The lowest BCUT2D eigenvalue weighted by atomic mass is 9.64. The van der Waals surface area contributed by atoms with Crippen molar-refractivity contribution < 1.29 is 8.97 Å². The summed E-state index contributed by atoms with van der Waals surface area (Å²) in [4.78, 5) is 0. The summed E-state index contributed by atoms with van der Waals surface area (Å²) < 4.78 is 2.23. The highest BCUT2D eigenvalue weighted by atomic mass is 15.3. The van der Waals surface area contributed by atoms with Crippen LogP contribution in [0.4, 0.5) is 0 Å². The van der Waals surface area contributed by atoms with Crippen molar-refractivity contribution in [3.05, 3.63) is 0 Å². The van der Waals surface area contributed by atoms with Gasteiger partial charge in [-0.3, -0.25) is 0 Å². The van der Waals surface area contributed by atoms with E-state index in [9.17, 15) is 0 Å². The molecule has 0 spiro atoms. The smallest absolute Gasteiger partial charge is 0.0895 e. The summed E-state index contributed by atoms with van der Waals surface area (Å²) in [6.45, 7) is 7.72. The van der Waals surface area contributed by atoms with Crippen molar-refractivity contribution in [1.82, 2.24) is 0 Å². The van der Waals surface area contributed by atoms with Gasteiger partial charge in [0.15, 0.2) is 0 Å². The van der Waals surface area contributed by atoms with E-state index in [1.54, 1.807) is 0 Å². The number of quaternary nitrogens is 2. The van der Waals surface area contributed by atoms with Crippen molar-refractivity contribution >= 4 is 0 Å². The van der Waals surface area contributed by atoms with Crippen LogP contribution in [0, 0.1) is 29.1 Å². The van der Waals surface area contributed by atoms with Gasteiger partial charge in [0.1, 0.15) is 0 Å². The maximum Gasteiger partial charge on any atom is 0.0895 e. The van der Waals surface area contributed by atoms with Gasteiger partial charge in [-0.1, -0.05) is 13.8 Å². The molecule has 2 heteroatoms. The molecule has 0 amide bonds. The van der Waals surface area contributed by atoms with Crippen molar-refractivity contribution in [2.24, 2.45) is 29.1 Å². The Morgan fingerprint density at radius 1 is 0.842 bits per heavy atom. The number of fused-ring (bicyclic) bond motifs is 2. The first-order valence-electron chi connectivity index (χ1n) is 8.04. The molecule has 2 fully saturated rings. The molecule has 4 atom stereocenters.